The fourth-order valence-corrected chi connectivity index (χ4v) is 3.05. The van der Waals surface area contributed by atoms with Gasteiger partial charge < -0.3 is 0 Å². The van der Waals surface area contributed by atoms with Gasteiger partial charge >= 0.3 is 0 Å². The number of nitro benzene ring substituents is 1. The van der Waals surface area contributed by atoms with Crippen molar-refractivity contribution in [2.24, 2.45) is 0 Å². The number of nitro groups is 1. The summed E-state index contributed by atoms with van der Waals surface area (Å²) < 4.78 is 0. The molecule has 1 saturated heterocycles. The third-order valence-corrected chi connectivity index (χ3v) is 3.88. The predicted octanol–water partition coefficient (Wildman–Crippen LogP) is 1.83. The molecule has 0 unspecified atom stereocenters. The SMILES string of the molecule is O=[N+]([O-])c1cccc2c1[C@H](N1CCCC1)NCC2. The van der Waals surface area contributed by atoms with E-state index in [1.807, 2.05) is 6.07 Å². The summed E-state index contributed by atoms with van der Waals surface area (Å²) in [6.45, 7) is 2.96. The molecule has 0 amide bonds. The average Bonchev–Trinajstić information content (AvgIpc) is 2.91. The van der Waals surface area contributed by atoms with Crippen LogP contribution in [0.15, 0.2) is 18.2 Å². The molecule has 0 spiro atoms. The van der Waals surface area contributed by atoms with Crippen molar-refractivity contribution in [2.45, 2.75) is 25.4 Å². The van der Waals surface area contributed by atoms with E-state index in [1.54, 1.807) is 12.1 Å². The van der Waals surface area contributed by atoms with Crippen molar-refractivity contribution in [3.63, 3.8) is 0 Å². The van der Waals surface area contributed by atoms with Gasteiger partial charge in [0.1, 0.15) is 0 Å². The first-order valence-corrected chi connectivity index (χ1v) is 6.51. The Morgan fingerprint density at radius 1 is 1.33 bits per heavy atom. The highest BCUT2D eigenvalue weighted by molar-refractivity contribution is 5.48. The van der Waals surface area contributed by atoms with E-state index in [2.05, 4.69) is 10.2 Å². The molecule has 5 heteroatoms. The van der Waals surface area contributed by atoms with Gasteiger partial charge in [0.2, 0.25) is 0 Å². The lowest BCUT2D eigenvalue weighted by molar-refractivity contribution is -0.386. The maximum absolute atomic E-state index is 11.2. The molecule has 2 aliphatic rings. The van der Waals surface area contributed by atoms with E-state index in [1.165, 1.54) is 12.8 Å². The first kappa shape index (κ1) is 11.6. The molecule has 3 rings (SSSR count). The van der Waals surface area contributed by atoms with E-state index in [9.17, 15) is 10.1 Å². The fraction of sp³-hybridized carbons (Fsp3) is 0.538. The van der Waals surface area contributed by atoms with Crippen molar-refractivity contribution in [1.29, 1.82) is 0 Å². The summed E-state index contributed by atoms with van der Waals surface area (Å²) in [5.41, 5.74) is 2.27. The predicted molar refractivity (Wildman–Crippen MR) is 68.4 cm³/mol. The maximum Gasteiger partial charge on any atom is 0.275 e. The Bertz CT molecular complexity index is 469. The van der Waals surface area contributed by atoms with E-state index < -0.39 is 0 Å². The number of hydrogen-bond donors (Lipinski definition) is 1. The largest absolute Gasteiger partial charge is 0.297 e. The number of rotatable bonds is 2. The molecule has 1 aromatic carbocycles. The Kier molecular flexibility index (Phi) is 3.01. The van der Waals surface area contributed by atoms with Crippen molar-refractivity contribution in [1.82, 2.24) is 10.2 Å². The van der Waals surface area contributed by atoms with Gasteiger partial charge in [-0.1, -0.05) is 12.1 Å². The van der Waals surface area contributed by atoms with E-state index in [-0.39, 0.29) is 16.8 Å². The second-order valence-corrected chi connectivity index (χ2v) is 4.96. The van der Waals surface area contributed by atoms with Crippen molar-refractivity contribution in [3.05, 3.63) is 39.4 Å². The number of nitrogens with zero attached hydrogens (tertiary/aromatic N) is 2. The second-order valence-electron chi connectivity index (χ2n) is 4.96. The summed E-state index contributed by atoms with van der Waals surface area (Å²) in [5, 5.41) is 14.6. The zero-order chi connectivity index (χ0) is 12.5. The van der Waals surface area contributed by atoms with Crippen LogP contribution in [0.5, 0.6) is 0 Å². The highest BCUT2D eigenvalue weighted by Gasteiger charge is 2.33. The number of nitrogens with one attached hydrogen (secondary N) is 1. The summed E-state index contributed by atoms with van der Waals surface area (Å²) in [6, 6.07) is 5.43. The van der Waals surface area contributed by atoms with Gasteiger partial charge in [-0.05, 0) is 37.9 Å². The summed E-state index contributed by atoms with van der Waals surface area (Å²) >= 11 is 0. The van der Waals surface area contributed by atoms with Crippen LogP contribution < -0.4 is 5.32 Å². The molecule has 0 saturated carbocycles. The normalized spacial score (nSPS) is 23.9. The van der Waals surface area contributed by atoms with Gasteiger partial charge in [0.05, 0.1) is 16.7 Å². The van der Waals surface area contributed by atoms with Crippen LogP contribution in [-0.4, -0.2) is 29.5 Å². The van der Waals surface area contributed by atoms with Crippen LogP contribution in [0.25, 0.3) is 0 Å². The second kappa shape index (κ2) is 4.66. The van der Waals surface area contributed by atoms with Crippen LogP contribution in [0.2, 0.25) is 0 Å². The summed E-state index contributed by atoms with van der Waals surface area (Å²) in [4.78, 5) is 13.3. The Morgan fingerprint density at radius 2 is 2.11 bits per heavy atom. The zero-order valence-corrected chi connectivity index (χ0v) is 10.3. The molecule has 0 bridgehead atoms. The molecule has 2 heterocycles. The lowest BCUT2D eigenvalue weighted by atomic mass is 9.96. The van der Waals surface area contributed by atoms with Gasteiger partial charge in [-0.3, -0.25) is 20.3 Å². The number of hydrogen-bond acceptors (Lipinski definition) is 4. The maximum atomic E-state index is 11.2. The van der Waals surface area contributed by atoms with Gasteiger partial charge in [0.25, 0.3) is 5.69 Å². The third kappa shape index (κ3) is 1.89. The topological polar surface area (TPSA) is 58.4 Å². The monoisotopic (exact) mass is 247 g/mol. The highest BCUT2D eigenvalue weighted by Crippen LogP contribution is 2.34. The molecule has 1 atom stereocenters. The van der Waals surface area contributed by atoms with Crippen LogP contribution in [0.4, 0.5) is 5.69 Å². The molecule has 5 nitrogen and oxygen atoms in total. The molecule has 2 aliphatic heterocycles. The average molecular weight is 247 g/mol. The van der Waals surface area contributed by atoms with E-state index in [4.69, 9.17) is 0 Å². The van der Waals surface area contributed by atoms with E-state index >= 15 is 0 Å². The van der Waals surface area contributed by atoms with Crippen molar-refractivity contribution in [2.75, 3.05) is 19.6 Å². The molecule has 1 aromatic rings. The number of likely N-dealkylation sites (tertiary alicyclic amines) is 1. The molecule has 0 aromatic heterocycles. The van der Waals surface area contributed by atoms with Gasteiger partial charge in [0, 0.05) is 12.6 Å². The summed E-state index contributed by atoms with van der Waals surface area (Å²) in [6.07, 6.45) is 3.28. The minimum Gasteiger partial charge on any atom is -0.297 e. The molecular formula is C13H17N3O2. The van der Waals surface area contributed by atoms with E-state index in [0.717, 1.165) is 37.2 Å². The Labute approximate surface area is 106 Å². The first-order valence-electron chi connectivity index (χ1n) is 6.51. The fourth-order valence-electron chi connectivity index (χ4n) is 3.05. The summed E-state index contributed by atoms with van der Waals surface area (Å²) in [5.74, 6) is 0. The minimum absolute atomic E-state index is 0.0258. The molecular weight excluding hydrogens is 230 g/mol. The number of benzene rings is 1. The molecule has 1 N–H and O–H groups in total. The lowest BCUT2D eigenvalue weighted by Gasteiger charge is -2.33. The molecule has 0 radical (unpaired) electrons. The minimum atomic E-state index is -0.255. The van der Waals surface area contributed by atoms with Crippen molar-refractivity contribution in [3.8, 4) is 0 Å². The van der Waals surface area contributed by atoms with Gasteiger partial charge in [-0.2, -0.15) is 0 Å². The van der Waals surface area contributed by atoms with Crippen LogP contribution in [0.1, 0.15) is 30.1 Å². The lowest BCUT2D eigenvalue weighted by Crippen LogP contribution is -2.41. The zero-order valence-electron chi connectivity index (χ0n) is 10.3. The van der Waals surface area contributed by atoms with Gasteiger partial charge in [-0.15, -0.1) is 0 Å². The van der Waals surface area contributed by atoms with Crippen LogP contribution in [-0.2, 0) is 6.42 Å². The smallest absolute Gasteiger partial charge is 0.275 e. The summed E-state index contributed by atoms with van der Waals surface area (Å²) in [7, 11) is 0. The third-order valence-electron chi connectivity index (χ3n) is 3.88. The van der Waals surface area contributed by atoms with Gasteiger partial charge in [0.15, 0.2) is 0 Å². The van der Waals surface area contributed by atoms with E-state index in [0.29, 0.717) is 0 Å². The highest BCUT2D eigenvalue weighted by atomic mass is 16.6. The Hall–Kier alpha value is -1.46. The Morgan fingerprint density at radius 3 is 2.83 bits per heavy atom. The van der Waals surface area contributed by atoms with Crippen LogP contribution in [0.3, 0.4) is 0 Å². The van der Waals surface area contributed by atoms with Gasteiger partial charge in [-0.25, -0.2) is 0 Å². The first-order chi connectivity index (χ1) is 8.77. The van der Waals surface area contributed by atoms with Crippen LogP contribution in [0, 0.1) is 10.1 Å². The molecule has 96 valence electrons. The molecule has 18 heavy (non-hydrogen) atoms. The molecule has 0 aliphatic carbocycles. The van der Waals surface area contributed by atoms with Crippen LogP contribution >= 0.6 is 0 Å². The van der Waals surface area contributed by atoms with Crippen molar-refractivity contribution < 1.29 is 4.92 Å². The Balaban J connectivity index is 2.04. The van der Waals surface area contributed by atoms with Crippen molar-refractivity contribution >= 4 is 5.69 Å². The standard InChI is InChI=1S/C13H17N3O2/c17-16(18)11-5-3-4-10-6-7-14-13(12(10)11)15-8-1-2-9-15/h3-5,13-14H,1-2,6-9H2/t13-/m0/s1. The molecule has 1 fully saturated rings. The number of fused-ring (bicyclic) bond motifs is 1. The quantitative estimate of drug-likeness (QED) is 0.640.